The quantitative estimate of drug-likeness (QED) is 0.832. The number of urea groups is 1. The lowest BCUT2D eigenvalue weighted by Gasteiger charge is -2.24. The molecule has 2 rings (SSSR count). The molecule has 2 N–H and O–H groups in total. The van der Waals surface area contributed by atoms with Crippen molar-refractivity contribution in [2.24, 2.45) is 5.92 Å². The summed E-state index contributed by atoms with van der Waals surface area (Å²) in [5, 5.41) is 12.3. The van der Waals surface area contributed by atoms with E-state index in [2.05, 4.69) is 5.32 Å². The van der Waals surface area contributed by atoms with Crippen LogP contribution in [-0.4, -0.2) is 48.8 Å². The first kappa shape index (κ1) is 18.4. The van der Waals surface area contributed by atoms with Crippen LogP contribution in [0, 0.1) is 11.7 Å². The van der Waals surface area contributed by atoms with E-state index < -0.39 is 31.0 Å². The van der Waals surface area contributed by atoms with Gasteiger partial charge in [0.15, 0.2) is 0 Å². The number of anilines is 1. The van der Waals surface area contributed by atoms with Crippen molar-refractivity contribution < 1.29 is 27.8 Å². The number of amides is 2. The van der Waals surface area contributed by atoms with E-state index in [1.807, 2.05) is 0 Å². The van der Waals surface area contributed by atoms with E-state index in [9.17, 15) is 23.1 Å². The van der Waals surface area contributed by atoms with Crippen LogP contribution in [0.25, 0.3) is 0 Å². The molecule has 0 aliphatic heterocycles. The second-order valence-corrected chi connectivity index (χ2v) is 5.91. The number of carbonyl (C=O) groups excluding carboxylic acids is 1. The maximum atomic E-state index is 13.3. The number of nitrogens with zero attached hydrogens (tertiary/aromatic N) is 1. The largest absolute Gasteiger partial charge is 0.485 e. The molecule has 2 atom stereocenters. The fraction of sp³-hybridized carbons (Fsp3) is 0.562. The topological polar surface area (TPSA) is 61.8 Å². The summed E-state index contributed by atoms with van der Waals surface area (Å²) >= 11 is 0. The molecule has 1 fully saturated rings. The molecule has 0 heterocycles. The molecule has 2 amide bonds. The lowest BCUT2D eigenvalue weighted by Crippen LogP contribution is -2.37. The molecule has 0 radical (unpaired) electrons. The monoisotopic (exact) mass is 346 g/mol. The number of hydrogen-bond acceptors (Lipinski definition) is 3. The van der Waals surface area contributed by atoms with Gasteiger partial charge in [-0.2, -0.15) is 0 Å². The van der Waals surface area contributed by atoms with Gasteiger partial charge in [-0.3, -0.25) is 0 Å². The highest BCUT2D eigenvalue weighted by Gasteiger charge is 2.27. The summed E-state index contributed by atoms with van der Waals surface area (Å²) in [6.45, 7) is -0.516. The summed E-state index contributed by atoms with van der Waals surface area (Å²) in [4.78, 5) is 13.6. The Balaban J connectivity index is 1.99. The minimum Gasteiger partial charge on any atom is -0.485 e. The second-order valence-electron chi connectivity index (χ2n) is 5.91. The summed E-state index contributed by atoms with van der Waals surface area (Å²) in [5.74, 6) is -0.791. The molecular formula is C16H21F3N2O3. The first-order valence-corrected chi connectivity index (χ1v) is 7.77. The molecule has 2 unspecified atom stereocenters. The van der Waals surface area contributed by atoms with E-state index >= 15 is 0 Å². The fourth-order valence-electron chi connectivity index (χ4n) is 2.75. The number of benzene rings is 1. The summed E-state index contributed by atoms with van der Waals surface area (Å²) < 4.78 is 42.6. The summed E-state index contributed by atoms with van der Waals surface area (Å²) in [5.41, 5.74) is 0.112. The van der Waals surface area contributed by atoms with Gasteiger partial charge in [-0.1, -0.05) is 6.42 Å². The van der Waals surface area contributed by atoms with Crippen molar-refractivity contribution in [2.45, 2.75) is 31.8 Å². The van der Waals surface area contributed by atoms with Crippen molar-refractivity contribution in [1.82, 2.24) is 4.90 Å². The van der Waals surface area contributed by atoms with Crippen molar-refractivity contribution in [3.63, 3.8) is 0 Å². The van der Waals surface area contributed by atoms with Crippen molar-refractivity contribution >= 4 is 11.7 Å². The average Bonchev–Trinajstić information content (AvgIpc) is 2.92. The number of alkyl halides is 2. The zero-order valence-electron chi connectivity index (χ0n) is 13.3. The van der Waals surface area contributed by atoms with Crippen LogP contribution in [0.5, 0.6) is 5.75 Å². The molecule has 1 aromatic carbocycles. The Morgan fingerprint density at radius 3 is 2.83 bits per heavy atom. The first-order chi connectivity index (χ1) is 11.4. The van der Waals surface area contributed by atoms with Gasteiger partial charge in [0.1, 0.15) is 18.2 Å². The predicted molar refractivity (Wildman–Crippen MR) is 82.9 cm³/mol. The first-order valence-electron chi connectivity index (χ1n) is 7.77. The Labute approximate surface area is 138 Å². The standard InChI is InChI=1S/C16H21F3N2O3/c1-21(8-10-3-2-4-13(10)22)16(23)20-12-6-5-11(17)7-14(12)24-9-15(18)19/h5-7,10,13,15,22H,2-4,8-9H2,1H3,(H,20,23). The number of rotatable bonds is 6. The Morgan fingerprint density at radius 1 is 1.46 bits per heavy atom. The number of aliphatic hydroxyl groups is 1. The van der Waals surface area contributed by atoms with E-state index in [4.69, 9.17) is 4.74 Å². The molecule has 0 aromatic heterocycles. The van der Waals surface area contributed by atoms with E-state index in [0.717, 1.165) is 31.4 Å². The number of ether oxygens (including phenoxy) is 1. The number of halogens is 3. The molecule has 134 valence electrons. The normalized spacial score (nSPS) is 20.2. The fourth-order valence-corrected chi connectivity index (χ4v) is 2.75. The maximum absolute atomic E-state index is 13.3. The molecule has 8 heteroatoms. The molecule has 0 bridgehead atoms. The average molecular weight is 346 g/mol. The lowest BCUT2D eigenvalue weighted by molar-refractivity contribution is 0.0821. The van der Waals surface area contributed by atoms with Gasteiger partial charge in [0.25, 0.3) is 6.43 Å². The predicted octanol–water partition coefficient (Wildman–Crippen LogP) is 3.09. The number of aliphatic hydroxyl groups excluding tert-OH is 1. The van der Waals surface area contributed by atoms with Crippen molar-refractivity contribution in [1.29, 1.82) is 0 Å². The maximum Gasteiger partial charge on any atom is 0.321 e. The van der Waals surface area contributed by atoms with Crippen molar-refractivity contribution in [3.05, 3.63) is 24.0 Å². The second kappa shape index (κ2) is 8.23. The molecule has 1 aliphatic rings. The van der Waals surface area contributed by atoms with Gasteiger partial charge >= 0.3 is 6.03 Å². The van der Waals surface area contributed by atoms with E-state index in [0.29, 0.717) is 6.54 Å². The minimum absolute atomic E-state index is 0.0171. The van der Waals surface area contributed by atoms with E-state index in [1.54, 1.807) is 7.05 Å². The van der Waals surface area contributed by atoms with Gasteiger partial charge in [-0.05, 0) is 25.0 Å². The van der Waals surface area contributed by atoms with Crippen LogP contribution in [0.15, 0.2) is 18.2 Å². The van der Waals surface area contributed by atoms with Crippen LogP contribution < -0.4 is 10.1 Å². The van der Waals surface area contributed by atoms with Gasteiger partial charge in [0.2, 0.25) is 0 Å². The van der Waals surface area contributed by atoms with Crippen molar-refractivity contribution in [2.75, 3.05) is 25.5 Å². The van der Waals surface area contributed by atoms with Crippen LogP contribution in [0.3, 0.4) is 0 Å². The van der Waals surface area contributed by atoms with Gasteiger partial charge in [-0.25, -0.2) is 18.0 Å². The number of hydrogen-bond donors (Lipinski definition) is 2. The lowest BCUT2D eigenvalue weighted by atomic mass is 10.1. The van der Waals surface area contributed by atoms with Crippen molar-refractivity contribution in [3.8, 4) is 5.75 Å². The summed E-state index contributed by atoms with van der Waals surface area (Å²) in [6.07, 6.45) is -0.633. The third-order valence-corrected chi connectivity index (χ3v) is 4.02. The molecule has 24 heavy (non-hydrogen) atoms. The van der Waals surface area contributed by atoms with Gasteiger partial charge in [0.05, 0.1) is 11.8 Å². The molecule has 1 saturated carbocycles. The molecule has 1 aromatic rings. The molecule has 0 spiro atoms. The smallest absolute Gasteiger partial charge is 0.321 e. The van der Waals surface area contributed by atoms with E-state index in [-0.39, 0.29) is 17.4 Å². The Kier molecular flexibility index (Phi) is 6.30. The molecule has 0 saturated heterocycles. The molecule has 5 nitrogen and oxygen atoms in total. The third kappa shape index (κ3) is 5.02. The zero-order valence-corrected chi connectivity index (χ0v) is 13.3. The van der Waals surface area contributed by atoms with Crippen LogP contribution in [0.4, 0.5) is 23.7 Å². The van der Waals surface area contributed by atoms with Gasteiger partial charge < -0.3 is 20.1 Å². The van der Waals surface area contributed by atoms with Crippen LogP contribution in [0.2, 0.25) is 0 Å². The highest BCUT2D eigenvalue weighted by molar-refractivity contribution is 5.90. The van der Waals surface area contributed by atoms with Crippen LogP contribution in [0.1, 0.15) is 19.3 Å². The molecule has 1 aliphatic carbocycles. The Bertz CT molecular complexity index is 571. The van der Waals surface area contributed by atoms with Crippen LogP contribution >= 0.6 is 0 Å². The van der Waals surface area contributed by atoms with Gasteiger partial charge in [-0.15, -0.1) is 0 Å². The zero-order chi connectivity index (χ0) is 17.7. The summed E-state index contributed by atoms with van der Waals surface area (Å²) in [6, 6.07) is 2.82. The highest BCUT2D eigenvalue weighted by atomic mass is 19.3. The number of carbonyl (C=O) groups is 1. The Hall–Kier alpha value is -1.96. The van der Waals surface area contributed by atoms with Crippen LogP contribution in [-0.2, 0) is 0 Å². The molecular weight excluding hydrogens is 325 g/mol. The summed E-state index contributed by atoms with van der Waals surface area (Å²) in [7, 11) is 1.57. The third-order valence-electron chi connectivity index (χ3n) is 4.02. The van der Waals surface area contributed by atoms with E-state index in [1.165, 1.54) is 11.0 Å². The van der Waals surface area contributed by atoms with Gasteiger partial charge in [0, 0.05) is 25.6 Å². The SMILES string of the molecule is CN(CC1CCCC1O)C(=O)Nc1ccc(F)cc1OCC(F)F. The highest BCUT2D eigenvalue weighted by Crippen LogP contribution is 2.28. The number of nitrogens with one attached hydrogen (secondary N) is 1. The Morgan fingerprint density at radius 2 is 2.21 bits per heavy atom. The minimum atomic E-state index is -2.71.